The lowest BCUT2D eigenvalue weighted by Crippen LogP contribution is -2.12. The third-order valence-electron chi connectivity index (χ3n) is 3.71. The van der Waals surface area contributed by atoms with Crippen molar-refractivity contribution in [2.24, 2.45) is 0 Å². The largest absolute Gasteiger partial charge is 0.450 e. The van der Waals surface area contributed by atoms with E-state index in [4.69, 9.17) is 0 Å². The van der Waals surface area contributed by atoms with Gasteiger partial charge in [0.1, 0.15) is 17.9 Å². The minimum Gasteiger partial charge on any atom is -0.299 e. The molecule has 1 heterocycles. The molecule has 0 unspecified atom stereocenters. The summed E-state index contributed by atoms with van der Waals surface area (Å²) in [7, 11) is 0. The molecule has 0 spiro atoms. The van der Waals surface area contributed by atoms with Gasteiger partial charge in [-0.3, -0.25) is 9.36 Å². The van der Waals surface area contributed by atoms with E-state index >= 15 is 0 Å². The summed E-state index contributed by atoms with van der Waals surface area (Å²) in [6.45, 7) is 0. The van der Waals surface area contributed by atoms with Crippen LogP contribution >= 0.6 is 0 Å². The van der Waals surface area contributed by atoms with Gasteiger partial charge in [-0.25, -0.2) is 13.8 Å². The fourth-order valence-corrected chi connectivity index (χ4v) is 2.59. The molecule has 0 saturated carbocycles. The molecule has 8 heteroatoms. The zero-order valence-electron chi connectivity index (χ0n) is 13.5. The average Bonchev–Trinajstić information content (AvgIpc) is 3.01. The van der Waals surface area contributed by atoms with Gasteiger partial charge in [-0.1, -0.05) is 0 Å². The van der Waals surface area contributed by atoms with Crippen LogP contribution in [0.1, 0.15) is 5.82 Å². The van der Waals surface area contributed by atoms with E-state index in [-0.39, 0.29) is 22.5 Å². The molecule has 0 bridgehead atoms. The number of benzene rings is 2. The molecule has 0 saturated heterocycles. The lowest BCUT2D eigenvalue weighted by atomic mass is 10.0. The number of carbonyl (C=O) groups excluding carboxylic acids is 1. The molecule has 0 aliphatic heterocycles. The normalized spacial score (nSPS) is 11.9. The first-order valence-electron chi connectivity index (χ1n) is 7.64. The first-order valence-corrected chi connectivity index (χ1v) is 7.64. The monoisotopic (exact) mass is 378 g/mol. The van der Waals surface area contributed by atoms with E-state index in [0.29, 0.717) is 10.9 Å². The third-order valence-corrected chi connectivity index (χ3v) is 3.71. The molecule has 0 amide bonds. The van der Waals surface area contributed by atoms with Gasteiger partial charge in [-0.15, -0.1) is 0 Å². The fourth-order valence-electron chi connectivity index (χ4n) is 2.59. The van der Waals surface area contributed by atoms with Crippen LogP contribution in [0.25, 0.3) is 28.7 Å². The van der Waals surface area contributed by atoms with Gasteiger partial charge >= 0.3 is 6.18 Å². The number of rotatable bonds is 4. The first kappa shape index (κ1) is 18.5. The van der Waals surface area contributed by atoms with E-state index in [2.05, 4.69) is 4.98 Å². The Labute approximate surface area is 150 Å². The number of hydrogen-bond acceptors (Lipinski definition) is 2. The molecule has 0 fully saturated rings. The summed E-state index contributed by atoms with van der Waals surface area (Å²) in [5, 5.41) is 0. The molecule has 1 aromatic heterocycles. The first-order chi connectivity index (χ1) is 12.8. The summed E-state index contributed by atoms with van der Waals surface area (Å²) in [6, 6.07) is 9.55. The molecule has 0 aliphatic carbocycles. The second-order valence-electron chi connectivity index (χ2n) is 5.49. The summed E-state index contributed by atoms with van der Waals surface area (Å²) in [5.74, 6) is -2.38. The highest BCUT2D eigenvalue weighted by molar-refractivity contribution is 5.82. The van der Waals surface area contributed by atoms with Crippen molar-refractivity contribution in [3.05, 3.63) is 72.1 Å². The third kappa shape index (κ3) is 3.79. The van der Waals surface area contributed by atoms with Gasteiger partial charge < -0.3 is 0 Å². The Morgan fingerprint density at radius 1 is 0.852 bits per heavy atom. The van der Waals surface area contributed by atoms with Crippen LogP contribution in [0.2, 0.25) is 0 Å². The van der Waals surface area contributed by atoms with Gasteiger partial charge in [0.2, 0.25) is 5.82 Å². The van der Waals surface area contributed by atoms with Crippen molar-refractivity contribution in [3.63, 3.8) is 0 Å². The highest BCUT2D eigenvalue weighted by Gasteiger charge is 2.39. The van der Waals surface area contributed by atoms with Gasteiger partial charge in [0.25, 0.3) is 0 Å². The molecule has 0 N–H and O–H groups in total. The number of carbonyl (C=O) groups is 1. The second-order valence-corrected chi connectivity index (χ2v) is 5.49. The number of aldehydes is 1. The zero-order valence-corrected chi connectivity index (χ0v) is 13.5. The van der Waals surface area contributed by atoms with Crippen LogP contribution in [0.4, 0.5) is 22.0 Å². The van der Waals surface area contributed by atoms with Crippen LogP contribution in [0, 0.1) is 11.6 Å². The summed E-state index contributed by atoms with van der Waals surface area (Å²) in [5.41, 5.74) is 0.394. The van der Waals surface area contributed by atoms with Gasteiger partial charge in [-0.05, 0) is 54.6 Å². The van der Waals surface area contributed by atoms with E-state index in [1.807, 2.05) is 0 Å². The smallest absolute Gasteiger partial charge is 0.299 e. The molecule has 3 aromatic rings. The standard InChI is InChI=1S/C19H11F5N2O/c20-14-6-2-12(3-7-14)16-17(13-4-8-15(21)9-5-13)26(10-1-11-27)18(25-16)19(22,23)24/h1-11H. The van der Waals surface area contributed by atoms with Crippen molar-refractivity contribution >= 4 is 12.5 Å². The zero-order chi connectivity index (χ0) is 19.6. The highest BCUT2D eigenvalue weighted by Crippen LogP contribution is 2.39. The molecule has 0 atom stereocenters. The highest BCUT2D eigenvalue weighted by atomic mass is 19.4. The van der Waals surface area contributed by atoms with Gasteiger partial charge in [0, 0.05) is 17.3 Å². The summed E-state index contributed by atoms with van der Waals surface area (Å²) >= 11 is 0. The Morgan fingerprint density at radius 2 is 1.37 bits per heavy atom. The Morgan fingerprint density at radius 3 is 1.85 bits per heavy atom. The van der Waals surface area contributed by atoms with Crippen LogP contribution in [0.5, 0.6) is 0 Å². The molecular weight excluding hydrogens is 367 g/mol. The molecule has 3 nitrogen and oxygen atoms in total. The van der Waals surface area contributed by atoms with Gasteiger partial charge in [0.05, 0.1) is 11.4 Å². The van der Waals surface area contributed by atoms with Crippen molar-refractivity contribution in [2.45, 2.75) is 6.18 Å². The number of hydrogen-bond donors (Lipinski definition) is 0. The Bertz CT molecular complexity index is 987. The average molecular weight is 378 g/mol. The molecule has 0 radical (unpaired) electrons. The molecule has 2 aromatic carbocycles. The number of allylic oxidation sites excluding steroid dienone is 1. The quantitative estimate of drug-likeness (QED) is 0.356. The second kappa shape index (κ2) is 7.14. The number of alkyl halides is 3. The lowest BCUT2D eigenvalue weighted by Gasteiger charge is -2.10. The van der Waals surface area contributed by atoms with E-state index in [1.165, 1.54) is 24.3 Å². The molecule has 138 valence electrons. The van der Waals surface area contributed by atoms with Gasteiger partial charge in [-0.2, -0.15) is 13.2 Å². The van der Waals surface area contributed by atoms with Crippen LogP contribution in [0.15, 0.2) is 54.6 Å². The lowest BCUT2D eigenvalue weighted by molar-refractivity contribution is -0.145. The van der Waals surface area contributed by atoms with Crippen molar-refractivity contribution in [2.75, 3.05) is 0 Å². The van der Waals surface area contributed by atoms with Crippen LogP contribution < -0.4 is 0 Å². The number of aromatic nitrogens is 2. The molecule has 0 aliphatic rings. The number of imidazole rings is 1. The SMILES string of the molecule is O=CC=Cn1c(C(F)(F)F)nc(-c2ccc(F)cc2)c1-c1ccc(F)cc1. The van der Waals surface area contributed by atoms with E-state index < -0.39 is 23.6 Å². The Hall–Kier alpha value is -3.29. The van der Waals surface area contributed by atoms with Gasteiger partial charge in [0.15, 0.2) is 0 Å². The van der Waals surface area contributed by atoms with Crippen molar-refractivity contribution in [3.8, 4) is 22.5 Å². The van der Waals surface area contributed by atoms with Crippen LogP contribution in [-0.4, -0.2) is 15.8 Å². The maximum atomic E-state index is 13.5. The van der Waals surface area contributed by atoms with E-state index in [9.17, 15) is 26.7 Å². The predicted molar refractivity (Wildman–Crippen MR) is 89.4 cm³/mol. The maximum Gasteiger partial charge on any atom is 0.450 e. The van der Waals surface area contributed by atoms with Crippen molar-refractivity contribution in [1.29, 1.82) is 0 Å². The van der Waals surface area contributed by atoms with E-state index in [1.54, 1.807) is 0 Å². The maximum absolute atomic E-state index is 13.5. The minimum atomic E-state index is -4.82. The summed E-state index contributed by atoms with van der Waals surface area (Å²) < 4.78 is 67.7. The summed E-state index contributed by atoms with van der Waals surface area (Å²) in [6.07, 6.45) is -2.68. The molecular formula is C19H11F5N2O. The Balaban J connectivity index is 2.35. The summed E-state index contributed by atoms with van der Waals surface area (Å²) in [4.78, 5) is 14.3. The topological polar surface area (TPSA) is 34.9 Å². The van der Waals surface area contributed by atoms with Crippen LogP contribution in [-0.2, 0) is 11.0 Å². The van der Waals surface area contributed by atoms with Crippen molar-refractivity contribution < 1.29 is 26.7 Å². The number of nitrogens with zero attached hydrogens (tertiary/aromatic N) is 2. The van der Waals surface area contributed by atoms with E-state index in [0.717, 1.165) is 36.5 Å². The van der Waals surface area contributed by atoms with Crippen LogP contribution in [0.3, 0.4) is 0 Å². The molecule has 27 heavy (non-hydrogen) atoms. The number of halogens is 5. The van der Waals surface area contributed by atoms with Crippen molar-refractivity contribution in [1.82, 2.24) is 9.55 Å². The molecule has 3 rings (SSSR count). The Kier molecular flexibility index (Phi) is 4.89. The fraction of sp³-hybridized carbons (Fsp3) is 0.0526. The predicted octanol–water partition coefficient (Wildman–Crippen LogP) is 5.18. The minimum absolute atomic E-state index is 0.00738.